The minimum Gasteiger partial charge on any atom is -0.337 e. The van der Waals surface area contributed by atoms with Gasteiger partial charge in [-0.2, -0.15) is 13.2 Å². The van der Waals surface area contributed by atoms with Crippen LogP contribution in [0.4, 0.5) is 13.2 Å². The van der Waals surface area contributed by atoms with Crippen LogP contribution < -0.4 is 5.73 Å². The Hall–Kier alpha value is -1.64. The van der Waals surface area contributed by atoms with E-state index in [4.69, 9.17) is 5.73 Å². The highest BCUT2D eigenvalue weighted by atomic mass is 19.4. The molecule has 112 valence electrons. The normalized spacial score (nSPS) is 17.5. The maximum absolute atomic E-state index is 12.5. The fourth-order valence-electron chi connectivity index (χ4n) is 2.21. The molecule has 2 heterocycles. The Morgan fingerprint density at radius 1 is 1.40 bits per heavy atom. The molecule has 1 aliphatic rings. The van der Waals surface area contributed by atoms with Crippen LogP contribution in [-0.4, -0.2) is 51.6 Å². The Labute approximate surface area is 113 Å². The van der Waals surface area contributed by atoms with Crippen LogP contribution in [0.1, 0.15) is 23.3 Å². The number of amides is 1. The number of nitrogens with two attached hydrogens (primary N) is 1. The van der Waals surface area contributed by atoms with Crippen molar-refractivity contribution in [3.8, 4) is 0 Å². The van der Waals surface area contributed by atoms with E-state index in [1.807, 2.05) is 0 Å². The molecule has 0 aromatic carbocycles. The molecular weight excluding hydrogens is 275 g/mol. The van der Waals surface area contributed by atoms with Crippen molar-refractivity contribution in [2.45, 2.75) is 25.6 Å². The van der Waals surface area contributed by atoms with Gasteiger partial charge in [-0.1, -0.05) is 5.21 Å². The minimum absolute atomic E-state index is 0.0633. The second-order valence-corrected chi connectivity index (χ2v) is 4.76. The maximum atomic E-state index is 12.5. The number of nitrogens with zero attached hydrogens (tertiary/aromatic N) is 4. The van der Waals surface area contributed by atoms with Gasteiger partial charge in [0.15, 0.2) is 5.69 Å². The third-order valence-corrected chi connectivity index (χ3v) is 3.36. The molecule has 0 bridgehead atoms. The Morgan fingerprint density at radius 3 is 2.60 bits per heavy atom. The Morgan fingerprint density at radius 2 is 2.05 bits per heavy atom. The third-order valence-electron chi connectivity index (χ3n) is 3.36. The summed E-state index contributed by atoms with van der Waals surface area (Å²) < 4.78 is 39.1. The lowest BCUT2D eigenvalue weighted by Gasteiger charge is -2.32. The average Bonchev–Trinajstić information content (AvgIpc) is 2.86. The van der Waals surface area contributed by atoms with Gasteiger partial charge in [0, 0.05) is 19.6 Å². The van der Waals surface area contributed by atoms with Crippen LogP contribution in [0.2, 0.25) is 0 Å². The molecule has 20 heavy (non-hydrogen) atoms. The molecule has 0 aliphatic carbocycles. The standard InChI is InChI=1S/C11H16F3N5O/c12-11(13,14)8-1-4-18(5-2-8)10(20)9-7-19(6-3-15)17-16-9/h7-8H,1-6,15H2. The number of likely N-dealkylation sites (tertiary alicyclic amines) is 1. The number of carbonyl (C=O) groups is 1. The predicted octanol–water partition coefficient (Wildman–Crippen LogP) is 0.651. The SMILES string of the molecule is NCCn1cc(C(=O)N2CCC(C(F)(F)F)CC2)nn1. The number of rotatable bonds is 3. The van der Waals surface area contributed by atoms with Crippen LogP contribution in [0.5, 0.6) is 0 Å². The quantitative estimate of drug-likeness (QED) is 0.887. The molecule has 2 rings (SSSR count). The van der Waals surface area contributed by atoms with Gasteiger partial charge in [-0.25, -0.2) is 0 Å². The summed E-state index contributed by atoms with van der Waals surface area (Å²) in [6, 6.07) is 0. The first kappa shape index (κ1) is 14.8. The van der Waals surface area contributed by atoms with Crippen molar-refractivity contribution in [3.63, 3.8) is 0 Å². The molecule has 0 atom stereocenters. The number of halogens is 3. The molecule has 1 amide bonds. The zero-order chi connectivity index (χ0) is 14.8. The molecule has 6 nitrogen and oxygen atoms in total. The highest BCUT2D eigenvalue weighted by molar-refractivity contribution is 5.91. The van der Waals surface area contributed by atoms with Crippen molar-refractivity contribution in [3.05, 3.63) is 11.9 Å². The summed E-state index contributed by atoms with van der Waals surface area (Å²) in [4.78, 5) is 13.5. The number of hydrogen-bond donors (Lipinski definition) is 1. The molecule has 0 saturated carbocycles. The summed E-state index contributed by atoms with van der Waals surface area (Å²) in [6.07, 6.45) is -2.84. The van der Waals surface area contributed by atoms with E-state index in [1.54, 1.807) is 0 Å². The Kier molecular flexibility index (Phi) is 4.26. The zero-order valence-electron chi connectivity index (χ0n) is 10.8. The van der Waals surface area contributed by atoms with E-state index in [9.17, 15) is 18.0 Å². The van der Waals surface area contributed by atoms with Gasteiger partial charge in [-0.3, -0.25) is 9.48 Å². The second-order valence-electron chi connectivity index (χ2n) is 4.76. The molecule has 0 radical (unpaired) electrons. The molecule has 1 saturated heterocycles. The number of alkyl halides is 3. The average molecular weight is 291 g/mol. The van der Waals surface area contributed by atoms with Crippen molar-refractivity contribution in [2.75, 3.05) is 19.6 Å². The maximum Gasteiger partial charge on any atom is 0.391 e. The van der Waals surface area contributed by atoms with Gasteiger partial charge in [0.1, 0.15) is 0 Å². The largest absolute Gasteiger partial charge is 0.391 e. The van der Waals surface area contributed by atoms with Gasteiger partial charge in [0.25, 0.3) is 5.91 Å². The van der Waals surface area contributed by atoms with E-state index in [1.165, 1.54) is 15.8 Å². The topological polar surface area (TPSA) is 77.0 Å². The van der Waals surface area contributed by atoms with E-state index in [2.05, 4.69) is 10.3 Å². The first-order valence-corrected chi connectivity index (χ1v) is 6.38. The van der Waals surface area contributed by atoms with Crippen molar-refractivity contribution in [2.24, 2.45) is 11.7 Å². The van der Waals surface area contributed by atoms with Crippen molar-refractivity contribution >= 4 is 5.91 Å². The second kappa shape index (κ2) is 5.78. The Bertz CT molecular complexity index is 465. The molecule has 0 spiro atoms. The number of piperidine rings is 1. The molecule has 2 N–H and O–H groups in total. The molecule has 1 aliphatic heterocycles. The fourth-order valence-corrected chi connectivity index (χ4v) is 2.21. The molecule has 9 heteroatoms. The highest BCUT2D eigenvalue weighted by Crippen LogP contribution is 2.34. The zero-order valence-corrected chi connectivity index (χ0v) is 10.8. The van der Waals surface area contributed by atoms with E-state index in [0.717, 1.165) is 0 Å². The van der Waals surface area contributed by atoms with Gasteiger partial charge in [-0.15, -0.1) is 5.10 Å². The van der Waals surface area contributed by atoms with E-state index >= 15 is 0 Å². The molecule has 1 aromatic rings. The lowest BCUT2D eigenvalue weighted by molar-refractivity contribution is -0.183. The summed E-state index contributed by atoms with van der Waals surface area (Å²) in [5.41, 5.74) is 5.50. The van der Waals surface area contributed by atoms with E-state index < -0.39 is 12.1 Å². The number of carbonyl (C=O) groups excluding carboxylic acids is 1. The summed E-state index contributed by atoms with van der Waals surface area (Å²) >= 11 is 0. The highest BCUT2D eigenvalue weighted by Gasteiger charge is 2.41. The van der Waals surface area contributed by atoms with Crippen LogP contribution in [0.25, 0.3) is 0 Å². The fraction of sp³-hybridized carbons (Fsp3) is 0.727. The first-order chi connectivity index (χ1) is 9.41. The van der Waals surface area contributed by atoms with Crippen molar-refractivity contribution in [1.29, 1.82) is 0 Å². The summed E-state index contributed by atoms with van der Waals surface area (Å²) in [5.74, 6) is -1.70. The van der Waals surface area contributed by atoms with Gasteiger partial charge < -0.3 is 10.6 Å². The van der Waals surface area contributed by atoms with Crippen LogP contribution in [0.3, 0.4) is 0 Å². The lowest BCUT2D eigenvalue weighted by atomic mass is 9.96. The number of hydrogen-bond acceptors (Lipinski definition) is 4. The third kappa shape index (κ3) is 3.27. The van der Waals surface area contributed by atoms with E-state index in [0.29, 0.717) is 13.1 Å². The summed E-state index contributed by atoms with van der Waals surface area (Å²) in [7, 11) is 0. The minimum atomic E-state index is -4.18. The summed E-state index contributed by atoms with van der Waals surface area (Å²) in [6.45, 7) is 0.990. The summed E-state index contributed by atoms with van der Waals surface area (Å²) in [5, 5.41) is 7.46. The molecule has 1 fully saturated rings. The lowest BCUT2D eigenvalue weighted by Crippen LogP contribution is -2.42. The van der Waals surface area contributed by atoms with Gasteiger partial charge >= 0.3 is 6.18 Å². The predicted molar refractivity (Wildman–Crippen MR) is 63.8 cm³/mol. The molecular formula is C11H16F3N5O. The van der Waals surface area contributed by atoms with E-state index in [-0.39, 0.29) is 37.5 Å². The monoisotopic (exact) mass is 291 g/mol. The van der Waals surface area contributed by atoms with Crippen LogP contribution in [0.15, 0.2) is 6.20 Å². The molecule has 0 unspecified atom stereocenters. The first-order valence-electron chi connectivity index (χ1n) is 6.38. The van der Waals surface area contributed by atoms with Crippen LogP contribution in [0, 0.1) is 5.92 Å². The van der Waals surface area contributed by atoms with Gasteiger partial charge in [-0.05, 0) is 12.8 Å². The van der Waals surface area contributed by atoms with Crippen molar-refractivity contribution in [1.82, 2.24) is 19.9 Å². The van der Waals surface area contributed by atoms with Gasteiger partial charge in [0.2, 0.25) is 0 Å². The van der Waals surface area contributed by atoms with Gasteiger partial charge in [0.05, 0.1) is 18.7 Å². The smallest absolute Gasteiger partial charge is 0.337 e. The van der Waals surface area contributed by atoms with Crippen LogP contribution in [-0.2, 0) is 6.54 Å². The molecule has 1 aromatic heterocycles. The van der Waals surface area contributed by atoms with Crippen molar-refractivity contribution < 1.29 is 18.0 Å². The Balaban J connectivity index is 1.94. The number of aromatic nitrogens is 3. The van der Waals surface area contributed by atoms with Crippen LogP contribution >= 0.6 is 0 Å².